The van der Waals surface area contributed by atoms with E-state index in [4.69, 9.17) is 35.2 Å². The zero-order chi connectivity index (χ0) is 44.6. The molecule has 3 heterocycles. The number of nitrogens with zero attached hydrogens (tertiary/aromatic N) is 5. The molecule has 7 nitrogen and oxygen atoms in total. The van der Waals surface area contributed by atoms with Crippen molar-refractivity contribution in [3.05, 3.63) is 185 Å². The molecule has 8 heteroatoms. The number of aryl methyl sites for hydroxylation is 2. The summed E-state index contributed by atoms with van der Waals surface area (Å²) in [4.78, 5) is 30.7. The summed E-state index contributed by atoms with van der Waals surface area (Å²) in [5, 5.41) is 14.4. The van der Waals surface area contributed by atoms with Crippen molar-refractivity contribution in [3.63, 3.8) is 0 Å². The maximum atomic E-state index is 8.89. The van der Waals surface area contributed by atoms with Crippen LogP contribution in [-0.4, -0.2) is 27.6 Å². The van der Waals surface area contributed by atoms with Crippen LogP contribution in [0.2, 0.25) is 0 Å². The van der Waals surface area contributed by atoms with Gasteiger partial charge < -0.3 is 25.2 Å². The number of hydrogen-bond donors (Lipinski definition) is 0. The zero-order valence-electron chi connectivity index (χ0n) is 37.9. The molecule has 5 aliphatic rings. The molecule has 12 rings (SSSR count). The van der Waals surface area contributed by atoms with Gasteiger partial charge in [-0.2, -0.15) is 0 Å². The van der Waals surface area contributed by atoms with Gasteiger partial charge in [-0.05, 0) is 123 Å². The Kier molecular flexibility index (Phi) is 11.0. The summed E-state index contributed by atoms with van der Waals surface area (Å²) in [6, 6.07) is 52.0. The van der Waals surface area contributed by atoms with Crippen molar-refractivity contribution in [2.45, 2.75) is 72.1 Å². The zero-order valence-corrected chi connectivity index (χ0v) is 38.9. The third-order valence-electron chi connectivity index (χ3n) is 15.0. The number of fused-ring (bicyclic) bond motifs is 7. The Hall–Kier alpha value is -6.48. The van der Waals surface area contributed by atoms with Crippen LogP contribution in [0.15, 0.2) is 156 Å². The number of aromatic nitrogens is 2. The number of rotatable bonds is 6. The van der Waals surface area contributed by atoms with Crippen molar-refractivity contribution < 1.29 is 26.7 Å². The smallest absolute Gasteiger partial charge is 0.550 e. The summed E-state index contributed by atoms with van der Waals surface area (Å²) < 4.78 is 0. The first-order valence-corrected chi connectivity index (χ1v) is 23.0. The predicted octanol–water partition coefficient (Wildman–Crippen LogP) is 12.8. The second-order valence-corrected chi connectivity index (χ2v) is 19.5. The number of carboxylic acids is 1. The Morgan fingerprint density at radius 3 is 1.14 bits per heavy atom. The van der Waals surface area contributed by atoms with Crippen LogP contribution in [0.4, 0.5) is 11.6 Å². The molecule has 4 atom stereocenters. The molecule has 2 saturated carbocycles. The van der Waals surface area contributed by atoms with Gasteiger partial charge in [-0.3, -0.25) is 0 Å². The average Bonchev–Trinajstić information content (AvgIpc) is 4.05. The molecule has 0 spiro atoms. The first kappa shape index (κ1) is 43.4. The molecule has 2 fully saturated rings. The van der Waals surface area contributed by atoms with Gasteiger partial charge in [-0.1, -0.05) is 161 Å². The summed E-state index contributed by atoms with van der Waals surface area (Å²) in [7, 11) is 0. The molecule has 2 aromatic heterocycles. The second-order valence-electron chi connectivity index (χ2n) is 19.5. The minimum absolute atomic E-state index is 0. The molecule has 5 aromatic carbocycles. The first-order valence-electron chi connectivity index (χ1n) is 23.0. The van der Waals surface area contributed by atoms with Gasteiger partial charge in [0.15, 0.2) is 0 Å². The molecule has 1 radical (unpaired) electrons. The number of amidine groups is 2. The fourth-order valence-corrected chi connectivity index (χ4v) is 11.7. The van der Waals surface area contributed by atoms with Crippen LogP contribution in [0.1, 0.15) is 92.9 Å². The molecular formula is C58H51CoN5O2. The standard InChI is InChI=1S/C56H48N5.C2H4O2.Co/c1-55(2)39-29-25-37-27-31-41(57-51(37)49(39)55)59-53-47-45(35-21-13-7-14-22-35)43(33-17-9-5-10-18-33)44(34-19-11-6-12-20-34)46(36-23-15-8-16-24-36)48(47)54(61-53)60-42-32-28-38-26-30-40-50(52(38)58-42)56(40,3)4;1-2(3)4;/h5-24,27-28,31-32,39-40,49-50H,25-26,29-30H2,1-4H3;1H3,(H,3,4);/q-1;;+2/p-1/t39-,40-,49-,50-;;/m1../s1. The van der Waals surface area contributed by atoms with Gasteiger partial charge in [0.1, 0.15) is 0 Å². The number of aliphatic imine (C=N–C) groups is 2. The molecule has 0 unspecified atom stereocenters. The number of hydrogen-bond acceptors (Lipinski definition) is 6. The number of aliphatic carboxylic acids is 1. The van der Waals surface area contributed by atoms with E-state index in [9.17, 15) is 0 Å². The summed E-state index contributed by atoms with van der Waals surface area (Å²) >= 11 is 0. The second kappa shape index (κ2) is 16.7. The molecule has 0 amide bonds. The minimum atomic E-state index is -1.08. The molecule has 7 aromatic rings. The van der Waals surface area contributed by atoms with E-state index in [1.54, 1.807) is 0 Å². The van der Waals surface area contributed by atoms with E-state index in [-0.39, 0.29) is 27.6 Å². The number of pyridine rings is 2. The molecule has 66 heavy (non-hydrogen) atoms. The Morgan fingerprint density at radius 1 is 0.515 bits per heavy atom. The Balaban J connectivity index is 0.000000985. The summed E-state index contributed by atoms with van der Waals surface area (Å²) in [5.41, 5.74) is 16.4. The van der Waals surface area contributed by atoms with Gasteiger partial charge in [0, 0.05) is 52.0 Å². The van der Waals surface area contributed by atoms with E-state index in [1.165, 1.54) is 35.4 Å². The van der Waals surface area contributed by atoms with Crippen molar-refractivity contribution in [3.8, 4) is 44.5 Å². The van der Waals surface area contributed by atoms with Crippen molar-refractivity contribution >= 4 is 29.3 Å². The topological polar surface area (TPSA) is 105 Å². The van der Waals surface area contributed by atoms with Crippen LogP contribution in [0, 0.1) is 22.7 Å². The summed E-state index contributed by atoms with van der Waals surface area (Å²) in [6.45, 7) is 10.6. The van der Waals surface area contributed by atoms with Crippen molar-refractivity contribution in [2.75, 3.05) is 0 Å². The SMILES string of the molecule is CC(=O)[O-].CC1(C)[C@@H]2CCc3ccc(N=C4[N-]C(=Nc5ccc6c(n5)[C@H]5[C@@H](CC6)C5(C)C)c5c4c(-c4ccccc4)c(-c4ccccc4)c(-c4ccccc4)c5-c4ccccc4)nc3[C@@H]21.[Co+2]. The third-order valence-corrected chi connectivity index (χ3v) is 15.0. The van der Waals surface area contributed by atoms with E-state index < -0.39 is 5.97 Å². The Morgan fingerprint density at radius 2 is 0.818 bits per heavy atom. The van der Waals surface area contributed by atoms with Crippen LogP contribution in [0.5, 0.6) is 0 Å². The van der Waals surface area contributed by atoms with Crippen LogP contribution in [0.3, 0.4) is 0 Å². The van der Waals surface area contributed by atoms with E-state index >= 15 is 0 Å². The molecule has 0 saturated heterocycles. The number of carboxylic acid groups (broad SMARTS) is 1. The normalized spacial score (nSPS) is 21.9. The van der Waals surface area contributed by atoms with Gasteiger partial charge in [-0.15, -0.1) is 0 Å². The van der Waals surface area contributed by atoms with Crippen molar-refractivity contribution in [1.82, 2.24) is 9.97 Å². The number of benzene rings is 5. The number of carbonyl (C=O) groups excluding carboxylic acids is 1. The quantitative estimate of drug-likeness (QED) is 0.166. The molecule has 0 bridgehead atoms. The molecule has 4 aliphatic carbocycles. The molecule has 0 N–H and O–H groups in total. The maximum absolute atomic E-state index is 8.89. The van der Waals surface area contributed by atoms with E-state index in [0.717, 1.165) is 75.4 Å². The van der Waals surface area contributed by atoms with Crippen LogP contribution in [-0.2, 0) is 34.4 Å². The predicted molar refractivity (Wildman–Crippen MR) is 260 cm³/mol. The van der Waals surface area contributed by atoms with Crippen LogP contribution in [0.25, 0.3) is 49.8 Å². The van der Waals surface area contributed by atoms with Crippen LogP contribution < -0.4 is 5.11 Å². The van der Waals surface area contributed by atoms with E-state index in [2.05, 4.69) is 173 Å². The fourth-order valence-electron chi connectivity index (χ4n) is 11.7. The molecule has 329 valence electrons. The van der Waals surface area contributed by atoms with Gasteiger partial charge in [-0.25, -0.2) is 9.97 Å². The molecule has 1 aliphatic heterocycles. The number of carbonyl (C=O) groups is 1. The fraction of sp³-hybridized carbons (Fsp3) is 0.259. The summed E-state index contributed by atoms with van der Waals surface area (Å²) in [6.07, 6.45) is 4.60. The van der Waals surface area contributed by atoms with Gasteiger partial charge in [0.05, 0.1) is 11.6 Å². The van der Waals surface area contributed by atoms with Gasteiger partial charge in [0.2, 0.25) is 0 Å². The Bertz CT molecular complexity index is 2870. The minimum Gasteiger partial charge on any atom is -0.550 e. The monoisotopic (exact) mass is 908 g/mol. The third kappa shape index (κ3) is 7.40. The first-order chi connectivity index (χ1) is 31.5. The average molecular weight is 909 g/mol. The summed E-state index contributed by atoms with van der Waals surface area (Å²) in [5.74, 6) is 3.83. The van der Waals surface area contributed by atoms with Crippen molar-refractivity contribution in [1.29, 1.82) is 0 Å². The Labute approximate surface area is 397 Å². The molecular weight excluding hydrogens is 858 g/mol. The van der Waals surface area contributed by atoms with Crippen LogP contribution >= 0.6 is 0 Å². The van der Waals surface area contributed by atoms with Gasteiger partial charge in [0.25, 0.3) is 0 Å². The maximum Gasteiger partial charge on any atom is 2.00 e. The van der Waals surface area contributed by atoms with Crippen molar-refractivity contribution in [2.24, 2.45) is 32.7 Å². The van der Waals surface area contributed by atoms with Gasteiger partial charge >= 0.3 is 16.8 Å². The van der Waals surface area contributed by atoms with E-state index in [1.807, 2.05) is 0 Å². The van der Waals surface area contributed by atoms with E-state index in [0.29, 0.717) is 47.0 Å². The largest absolute Gasteiger partial charge is 2.00 e.